The van der Waals surface area contributed by atoms with Crippen molar-refractivity contribution >= 4 is 34.5 Å². The summed E-state index contributed by atoms with van der Waals surface area (Å²) < 4.78 is 14.0. The fourth-order valence-corrected chi connectivity index (χ4v) is 3.51. The second-order valence-electron chi connectivity index (χ2n) is 4.14. The normalized spacial score (nSPS) is 18.3. The number of hydrogen-bond acceptors (Lipinski definition) is 2. The predicted molar refractivity (Wildman–Crippen MR) is 70.8 cm³/mol. The third kappa shape index (κ3) is 1.82. The molecule has 0 aliphatic carbocycles. The quantitative estimate of drug-likeness (QED) is 0.840. The zero-order valence-electron chi connectivity index (χ0n) is 9.24. The van der Waals surface area contributed by atoms with Crippen LogP contribution in [0, 0.1) is 5.82 Å². The average Bonchev–Trinajstić information content (AvgIpc) is 2.76. The molecule has 92 valence electrons. The highest BCUT2D eigenvalue weighted by Gasteiger charge is 2.30. The number of halogens is 2. The Morgan fingerprint density at radius 2 is 2.22 bits per heavy atom. The van der Waals surface area contributed by atoms with Crippen molar-refractivity contribution in [3.63, 3.8) is 0 Å². The maximum absolute atomic E-state index is 14.0. The Hall–Kier alpha value is -1.39. The van der Waals surface area contributed by atoms with Crippen molar-refractivity contribution in [3.8, 4) is 0 Å². The van der Waals surface area contributed by atoms with Gasteiger partial charge in [-0.15, -0.1) is 11.3 Å². The molecule has 1 aromatic carbocycles. The highest BCUT2D eigenvalue weighted by molar-refractivity contribution is 7.10. The Balaban J connectivity index is 2.16. The minimum Gasteiger partial charge on any atom is -0.325 e. The molecule has 18 heavy (non-hydrogen) atoms. The highest BCUT2D eigenvalue weighted by atomic mass is 35.5. The summed E-state index contributed by atoms with van der Waals surface area (Å²) in [6.07, 6.45) is 0.230. The minimum absolute atomic E-state index is 0.106. The van der Waals surface area contributed by atoms with Crippen LogP contribution < -0.4 is 5.32 Å². The van der Waals surface area contributed by atoms with Crippen molar-refractivity contribution in [2.75, 3.05) is 5.32 Å². The van der Waals surface area contributed by atoms with Gasteiger partial charge in [0.15, 0.2) is 0 Å². The number of anilines is 1. The molecule has 1 aliphatic rings. The van der Waals surface area contributed by atoms with Crippen molar-refractivity contribution < 1.29 is 9.18 Å². The van der Waals surface area contributed by atoms with Gasteiger partial charge in [0, 0.05) is 27.8 Å². The summed E-state index contributed by atoms with van der Waals surface area (Å²) in [5, 5.41) is 5.04. The zero-order valence-corrected chi connectivity index (χ0v) is 10.8. The molecule has 0 bridgehead atoms. The minimum atomic E-state index is -0.360. The summed E-state index contributed by atoms with van der Waals surface area (Å²) in [7, 11) is 0. The number of nitrogens with one attached hydrogen (secondary N) is 1. The average molecular weight is 282 g/mol. The predicted octanol–water partition coefficient (Wildman–Crippen LogP) is 4.01. The number of thiophene rings is 1. The molecule has 1 aromatic heterocycles. The van der Waals surface area contributed by atoms with E-state index in [1.54, 1.807) is 12.1 Å². The van der Waals surface area contributed by atoms with Crippen LogP contribution in [0.5, 0.6) is 0 Å². The van der Waals surface area contributed by atoms with Gasteiger partial charge in [0.25, 0.3) is 0 Å². The van der Waals surface area contributed by atoms with Gasteiger partial charge in [-0.05, 0) is 23.6 Å². The lowest BCUT2D eigenvalue weighted by Gasteiger charge is -2.23. The van der Waals surface area contributed by atoms with E-state index in [0.717, 1.165) is 10.6 Å². The van der Waals surface area contributed by atoms with Gasteiger partial charge in [-0.1, -0.05) is 17.7 Å². The van der Waals surface area contributed by atoms with Gasteiger partial charge >= 0.3 is 0 Å². The fourth-order valence-electron chi connectivity index (χ4n) is 2.25. The van der Waals surface area contributed by atoms with Crippen molar-refractivity contribution in [3.05, 3.63) is 50.9 Å². The Morgan fingerprint density at radius 1 is 1.39 bits per heavy atom. The molecule has 0 spiro atoms. The first-order valence-electron chi connectivity index (χ1n) is 5.48. The van der Waals surface area contributed by atoms with E-state index in [1.165, 1.54) is 17.4 Å². The van der Waals surface area contributed by atoms with Crippen LogP contribution in [-0.4, -0.2) is 5.91 Å². The van der Waals surface area contributed by atoms with E-state index in [2.05, 4.69) is 5.32 Å². The van der Waals surface area contributed by atoms with Gasteiger partial charge in [-0.3, -0.25) is 4.79 Å². The molecule has 0 fully saturated rings. The molecule has 3 rings (SSSR count). The van der Waals surface area contributed by atoms with Gasteiger partial charge < -0.3 is 5.32 Å². The van der Waals surface area contributed by atoms with E-state index in [-0.39, 0.29) is 24.1 Å². The van der Waals surface area contributed by atoms with Gasteiger partial charge in [0.1, 0.15) is 5.82 Å². The number of rotatable bonds is 1. The molecule has 2 heterocycles. The van der Waals surface area contributed by atoms with E-state index in [9.17, 15) is 9.18 Å². The first-order chi connectivity index (χ1) is 8.66. The lowest BCUT2D eigenvalue weighted by molar-refractivity contribution is -0.116. The number of hydrogen-bond donors (Lipinski definition) is 1. The summed E-state index contributed by atoms with van der Waals surface area (Å²) in [4.78, 5) is 12.6. The van der Waals surface area contributed by atoms with Crippen molar-refractivity contribution in [1.82, 2.24) is 0 Å². The first kappa shape index (κ1) is 11.7. The van der Waals surface area contributed by atoms with Crippen LogP contribution in [0.2, 0.25) is 5.02 Å². The molecule has 1 amide bonds. The molecule has 0 unspecified atom stereocenters. The van der Waals surface area contributed by atoms with Gasteiger partial charge in [-0.25, -0.2) is 4.39 Å². The molecule has 0 saturated carbocycles. The molecule has 5 heteroatoms. The summed E-state index contributed by atoms with van der Waals surface area (Å²) in [5.74, 6) is -0.755. The maximum atomic E-state index is 14.0. The summed E-state index contributed by atoms with van der Waals surface area (Å²) in [6, 6.07) is 6.43. The number of carbonyl (C=O) groups excluding carboxylic acids is 1. The Morgan fingerprint density at radius 3 is 3.00 bits per heavy atom. The zero-order chi connectivity index (χ0) is 12.7. The van der Waals surface area contributed by atoms with Crippen LogP contribution in [0.15, 0.2) is 29.6 Å². The SMILES string of the molecule is O=C1C[C@@H](c2c(F)cccc2Cl)c2sccc2N1. The van der Waals surface area contributed by atoms with Crippen LogP contribution in [0.1, 0.15) is 22.8 Å². The van der Waals surface area contributed by atoms with Crippen LogP contribution in [-0.2, 0) is 4.79 Å². The van der Waals surface area contributed by atoms with Crippen LogP contribution >= 0.6 is 22.9 Å². The van der Waals surface area contributed by atoms with Crippen LogP contribution in [0.25, 0.3) is 0 Å². The summed E-state index contributed by atoms with van der Waals surface area (Å²) in [5.41, 5.74) is 1.18. The van der Waals surface area contributed by atoms with E-state index in [1.807, 2.05) is 11.4 Å². The lowest BCUT2D eigenvalue weighted by Crippen LogP contribution is -2.22. The van der Waals surface area contributed by atoms with E-state index >= 15 is 0 Å². The fraction of sp³-hybridized carbons (Fsp3) is 0.154. The largest absolute Gasteiger partial charge is 0.325 e. The third-order valence-corrected chi connectivity index (χ3v) is 4.38. The van der Waals surface area contributed by atoms with Gasteiger partial charge in [0.2, 0.25) is 5.91 Å². The number of fused-ring (bicyclic) bond motifs is 1. The van der Waals surface area contributed by atoms with E-state index in [4.69, 9.17) is 11.6 Å². The van der Waals surface area contributed by atoms with E-state index < -0.39 is 0 Å². The maximum Gasteiger partial charge on any atom is 0.225 e. The Labute approximate surface area is 112 Å². The molecule has 2 aromatic rings. The molecule has 1 N–H and O–H groups in total. The van der Waals surface area contributed by atoms with Crippen molar-refractivity contribution in [2.24, 2.45) is 0 Å². The smallest absolute Gasteiger partial charge is 0.225 e. The molecular formula is C13H9ClFNOS. The Bertz CT molecular complexity index is 605. The standard InChI is InChI=1S/C13H9ClFNOS/c14-8-2-1-3-9(15)12(8)7-6-11(17)16-10-4-5-18-13(7)10/h1-5,7H,6H2,(H,16,17)/t7-/m0/s1. The van der Waals surface area contributed by atoms with Crippen molar-refractivity contribution in [1.29, 1.82) is 0 Å². The lowest BCUT2D eigenvalue weighted by atomic mass is 9.90. The first-order valence-corrected chi connectivity index (χ1v) is 6.73. The topological polar surface area (TPSA) is 29.1 Å². The van der Waals surface area contributed by atoms with Gasteiger partial charge in [0.05, 0.1) is 5.69 Å². The van der Waals surface area contributed by atoms with Crippen LogP contribution in [0.3, 0.4) is 0 Å². The summed E-state index contributed by atoms with van der Waals surface area (Å²) >= 11 is 7.58. The highest BCUT2D eigenvalue weighted by Crippen LogP contribution is 2.43. The number of benzene rings is 1. The van der Waals surface area contributed by atoms with Gasteiger partial charge in [-0.2, -0.15) is 0 Å². The van der Waals surface area contributed by atoms with Crippen molar-refractivity contribution in [2.45, 2.75) is 12.3 Å². The van der Waals surface area contributed by atoms with E-state index in [0.29, 0.717) is 10.6 Å². The monoisotopic (exact) mass is 281 g/mol. The Kier molecular flexibility index (Phi) is 2.84. The second kappa shape index (κ2) is 4.37. The summed E-state index contributed by atoms with van der Waals surface area (Å²) in [6.45, 7) is 0. The second-order valence-corrected chi connectivity index (χ2v) is 5.49. The number of carbonyl (C=O) groups is 1. The third-order valence-electron chi connectivity index (χ3n) is 3.02. The molecule has 1 aliphatic heterocycles. The molecule has 0 radical (unpaired) electrons. The molecule has 1 atom stereocenters. The number of amides is 1. The molecule has 2 nitrogen and oxygen atoms in total. The molecular weight excluding hydrogens is 273 g/mol. The molecule has 0 saturated heterocycles. The van der Waals surface area contributed by atoms with Crippen LogP contribution in [0.4, 0.5) is 10.1 Å².